The summed E-state index contributed by atoms with van der Waals surface area (Å²) in [7, 11) is 0. The normalized spacial score (nSPS) is 26.4. The minimum atomic E-state index is 0.395. The molecule has 1 rings (SSSR count). The van der Waals surface area contributed by atoms with Gasteiger partial charge in [0.05, 0.1) is 0 Å². The van der Waals surface area contributed by atoms with Crippen molar-refractivity contribution in [3.63, 3.8) is 0 Å². The molecule has 1 heterocycles. The van der Waals surface area contributed by atoms with Gasteiger partial charge >= 0.3 is 0 Å². The molecule has 0 aliphatic carbocycles. The van der Waals surface area contributed by atoms with E-state index in [1.165, 1.54) is 0 Å². The van der Waals surface area contributed by atoms with Crippen molar-refractivity contribution in [2.24, 2.45) is 4.99 Å². The van der Waals surface area contributed by atoms with Crippen LogP contribution in [0.3, 0.4) is 0 Å². The van der Waals surface area contributed by atoms with Crippen LogP contribution in [0.2, 0.25) is 0 Å². The third-order valence-electron chi connectivity index (χ3n) is 0.862. The Labute approximate surface area is 49.3 Å². The lowest BCUT2D eigenvalue weighted by atomic mass is 10.4. The second-order valence-electron chi connectivity index (χ2n) is 2.05. The van der Waals surface area contributed by atoms with Gasteiger partial charge in [-0.05, 0) is 12.5 Å². The summed E-state index contributed by atoms with van der Waals surface area (Å²) in [5.74, 6) is 0. The van der Waals surface area contributed by atoms with E-state index in [1.807, 2.05) is 6.92 Å². The van der Waals surface area contributed by atoms with E-state index in [9.17, 15) is 0 Å². The van der Waals surface area contributed by atoms with E-state index in [4.69, 9.17) is 0 Å². The quantitative estimate of drug-likeness (QED) is 0.409. The average Bonchev–Trinajstić information content (AvgIpc) is 2.41. The molecule has 1 N–H and O–H groups in total. The Morgan fingerprint density at radius 1 is 2.00 bits per heavy atom. The lowest BCUT2D eigenvalue weighted by Gasteiger charge is -1.81. The first-order valence-corrected chi connectivity index (χ1v) is 2.71. The van der Waals surface area contributed by atoms with Crippen LogP contribution in [0.25, 0.3) is 0 Å². The first-order chi connectivity index (χ1) is 3.79. The number of rotatable bonds is 2. The van der Waals surface area contributed by atoms with E-state index >= 15 is 0 Å². The first kappa shape index (κ1) is 5.51. The third-order valence-corrected chi connectivity index (χ3v) is 0.862. The van der Waals surface area contributed by atoms with Crippen molar-refractivity contribution < 1.29 is 0 Å². The molecule has 0 aromatic heterocycles. The van der Waals surface area contributed by atoms with Crippen molar-refractivity contribution in [2.75, 3.05) is 6.54 Å². The van der Waals surface area contributed by atoms with Crippen LogP contribution >= 0.6 is 0 Å². The van der Waals surface area contributed by atoms with Gasteiger partial charge in [0.1, 0.15) is 6.17 Å². The van der Waals surface area contributed by atoms with Crippen molar-refractivity contribution in [3.05, 3.63) is 12.2 Å². The van der Waals surface area contributed by atoms with Gasteiger partial charge in [-0.3, -0.25) is 10.3 Å². The summed E-state index contributed by atoms with van der Waals surface area (Å²) < 4.78 is 0. The number of allylic oxidation sites excluding steroid dienone is 1. The van der Waals surface area contributed by atoms with Gasteiger partial charge < -0.3 is 0 Å². The van der Waals surface area contributed by atoms with Crippen molar-refractivity contribution in [3.8, 4) is 0 Å². The van der Waals surface area contributed by atoms with E-state index in [0.29, 0.717) is 6.17 Å². The van der Waals surface area contributed by atoms with Gasteiger partial charge in [0.15, 0.2) is 0 Å². The SMILES string of the molecule is C=C(C)/C=N/C1CN1. The molecule has 8 heavy (non-hydrogen) atoms. The second-order valence-corrected chi connectivity index (χ2v) is 2.05. The van der Waals surface area contributed by atoms with Crippen LogP contribution in [0.4, 0.5) is 0 Å². The highest BCUT2D eigenvalue weighted by molar-refractivity contribution is 5.76. The maximum atomic E-state index is 4.10. The fourth-order valence-corrected chi connectivity index (χ4v) is 0.375. The monoisotopic (exact) mass is 110 g/mol. The van der Waals surface area contributed by atoms with Crippen LogP contribution in [0.5, 0.6) is 0 Å². The Balaban J connectivity index is 2.23. The van der Waals surface area contributed by atoms with E-state index in [0.717, 1.165) is 12.1 Å². The fraction of sp³-hybridized carbons (Fsp3) is 0.500. The molecule has 1 aliphatic heterocycles. The predicted octanol–water partition coefficient (Wildman–Crippen LogP) is 0.563. The van der Waals surface area contributed by atoms with E-state index in [-0.39, 0.29) is 0 Å². The number of nitrogens with zero attached hydrogens (tertiary/aromatic N) is 1. The van der Waals surface area contributed by atoms with E-state index in [2.05, 4.69) is 16.9 Å². The zero-order valence-corrected chi connectivity index (χ0v) is 5.02. The average molecular weight is 110 g/mol. The Kier molecular flexibility index (Phi) is 1.44. The highest BCUT2D eigenvalue weighted by Crippen LogP contribution is 1.96. The van der Waals surface area contributed by atoms with Crippen LogP contribution in [-0.4, -0.2) is 18.9 Å². The standard InChI is InChI=1S/C6H10N2/c1-5(2)3-7-6-4-8-6/h3,6,8H,1,4H2,2H3/b7-3+. The van der Waals surface area contributed by atoms with Gasteiger partial charge in [0.2, 0.25) is 0 Å². The molecule has 1 fully saturated rings. The van der Waals surface area contributed by atoms with Gasteiger partial charge in [-0.15, -0.1) is 0 Å². The van der Waals surface area contributed by atoms with Crippen LogP contribution < -0.4 is 5.32 Å². The summed E-state index contributed by atoms with van der Waals surface area (Å²) in [6.45, 7) is 6.65. The molecule has 0 radical (unpaired) electrons. The number of aliphatic imine (C=N–C) groups is 1. The highest BCUT2D eigenvalue weighted by atomic mass is 15.2. The lowest BCUT2D eigenvalue weighted by Crippen LogP contribution is -1.84. The van der Waals surface area contributed by atoms with E-state index < -0.39 is 0 Å². The largest absolute Gasteiger partial charge is 0.291 e. The molecule has 1 atom stereocenters. The molecule has 0 aromatic rings. The van der Waals surface area contributed by atoms with Crippen LogP contribution in [-0.2, 0) is 0 Å². The molecule has 0 aromatic carbocycles. The maximum Gasteiger partial charge on any atom is 0.112 e. The van der Waals surface area contributed by atoms with Crippen LogP contribution in [0.1, 0.15) is 6.92 Å². The first-order valence-electron chi connectivity index (χ1n) is 2.71. The summed E-state index contributed by atoms with van der Waals surface area (Å²) in [6.07, 6.45) is 2.19. The highest BCUT2D eigenvalue weighted by Gasteiger charge is 2.16. The summed E-state index contributed by atoms with van der Waals surface area (Å²) in [6, 6.07) is 0. The molecule has 1 unspecified atom stereocenters. The van der Waals surface area contributed by atoms with Gasteiger partial charge in [-0.1, -0.05) is 6.58 Å². The Hall–Kier alpha value is -0.630. The number of nitrogens with one attached hydrogen (secondary N) is 1. The Morgan fingerprint density at radius 2 is 2.62 bits per heavy atom. The van der Waals surface area contributed by atoms with Gasteiger partial charge in [0.25, 0.3) is 0 Å². The smallest absolute Gasteiger partial charge is 0.112 e. The third kappa shape index (κ3) is 1.89. The molecule has 2 heteroatoms. The topological polar surface area (TPSA) is 34.3 Å². The molecule has 1 saturated heterocycles. The van der Waals surface area contributed by atoms with Gasteiger partial charge in [-0.2, -0.15) is 0 Å². The van der Waals surface area contributed by atoms with Crippen LogP contribution in [0.15, 0.2) is 17.1 Å². The molecule has 44 valence electrons. The van der Waals surface area contributed by atoms with E-state index in [1.54, 1.807) is 6.21 Å². The number of hydrogen-bond donors (Lipinski definition) is 1. The molecule has 0 bridgehead atoms. The second kappa shape index (κ2) is 2.09. The predicted molar refractivity (Wildman–Crippen MR) is 35.1 cm³/mol. The Morgan fingerprint density at radius 3 is 3.00 bits per heavy atom. The fourth-order valence-electron chi connectivity index (χ4n) is 0.375. The zero-order chi connectivity index (χ0) is 5.98. The summed E-state index contributed by atoms with van der Waals surface area (Å²) >= 11 is 0. The summed E-state index contributed by atoms with van der Waals surface area (Å²) in [5, 5.41) is 3.05. The molecule has 0 saturated carbocycles. The summed E-state index contributed by atoms with van der Waals surface area (Å²) in [4.78, 5) is 4.10. The van der Waals surface area contributed by atoms with Crippen molar-refractivity contribution in [1.29, 1.82) is 0 Å². The molecule has 0 spiro atoms. The molecule has 0 amide bonds. The van der Waals surface area contributed by atoms with Crippen molar-refractivity contribution >= 4 is 6.21 Å². The minimum absolute atomic E-state index is 0.395. The molecule has 2 nitrogen and oxygen atoms in total. The van der Waals surface area contributed by atoms with Gasteiger partial charge in [-0.25, -0.2) is 0 Å². The number of hydrogen-bond acceptors (Lipinski definition) is 2. The molecular weight excluding hydrogens is 100 g/mol. The van der Waals surface area contributed by atoms with Crippen molar-refractivity contribution in [2.45, 2.75) is 13.1 Å². The lowest BCUT2D eigenvalue weighted by molar-refractivity contribution is 1.03. The summed E-state index contributed by atoms with van der Waals surface area (Å²) in [5.41, 5.74) is 1.01. The van der Waals surface area contributed by atoms with Crippen LogP contribution in [0, 0.1) is 0 Å². The van der Waals surface area contributed by atoms with Crippen molar-refractivity contribution in [1.82, 2.24) is 5.32 Å². The minimum Gasteiger partial charge on any atom is -0.291 e. The Bertz CT molecular complexity index is 122. The zero-order valence-electron chi connectivity index (χ0n) is 5.02. The maximum absolute atomic E-state index is 4.10. The molecular formula is C6H10N2. The molecule has 1 aliphatic rings. The van der Waals surface area contributed by atoms with Gasteiger partial charge in [0, 0.05) is 12.8 Å².